The van der Waals surface area contributed by atoms with Crippen molar-refractivity contribution in [2.75, 3.05) is 0 Å². The van der Waals surface area contributed by atoms with Crippen molar-refractivity contribution in [3.05, 3.63) is 47.8 Å². The lowest BCUT2D eigenvalue weighted by molar-refractivity contribution is 0.630. The minimum Gasteiger partial charge on any atom is -0.206 e. The molecule has 0 heterocycles. The van der Waals surface area contributed by atoms with Gasteiger partial charge < -0.3 is 0 Å². The molecule has 0 fully saturated rings. The Morgan fingerprint density at radius 1 is 1.25 bits per heavy atom. The van der Waals surface area contributed by atoms with Gasteiger partial charge in [-0.1, -0.05) is 24.3 Å². The highest BCUT2D eigenvalue weighted by atomic mass is 19.1. The van der Waals surface area contributed by atoms with Crippen molar-refractivity contribution in [2.45, 2.75) is 6.92 Å². The Kier molecular flexibility index (Phi) is 1.58. The molecule has 0 N–H and O–H groups in total. The number of benzene rings is 2. The van der Waals surface area contributed by atoms with Crippen molar-refractivity contribution in [2.24, 2.45) is 0 Å². The summed E-state index contributed by atoms with van der Waals surface area (Å²) in [5.41, 5.74) is 0.647. The van der Waals surface area contributed by atoms with Crippen LogP contribution in [0.5, 0.6) is 0 Å². The van der Waals surface area contributed by atoms with Crippen LogP contribution in [0, 0.1) is 18.8 Å². The Hall–Kier alpha value is -1.37. The smallest absolute Gasteiger partial charge is 0.133 e. The van der Waals surface area contributed by atoms with Crippen molar-refractivity contribution in [1.82, 2.24) is 0 Å². The molecule has 0 aliphatic heterocycles. The number of hydrogen-bond donors (Lipinski definition) is 0. The van der Waals surface area contributed by atoms with Crippen LogP contribution < -0.4 is 0 Å². The molecule has 0 saturated heterocycles. The van der Waals surface area contributed by atoms with Gasteiger partial charge in [-0.05, 0) is 30.0 Å². The zero-order chi connectivity index (χ0) is 8.55. The van der Waals surface area contributed by atoms with Gasteiger partial charge in [0.05, 0.1) is 0 Å². The van der Waals surface area contributed by atoms with Gasteiger partial charge in [-0.3, -0.25) is 0 Å². The first-order valence-electron chi connectivity index (χ1n) is 3.84. The van der Waals surface area contributed by atoms with Crippen LogP contribution in [0.2, 0.25) is 0 Å². The Bertz CT molecular complexity index is 418. The molecule has 0 nitrogen and oxygen atoms in total. The highest BCUT2D eigenvalue weighted by Crippen LogP contribution is 2.19. The van der Waals surface area contributed by atoms with Crippen molar-refractivity contribution < 1.29 is 4.39 Å². The normalized spacial score (nSPS) is 10.5. The van der Waals surface area contributed by atoms with E-state index in [4.69, 9.17) is 0 Å². The van der Waals surface area contributed by atoms with Gasteiger partial charge in [-0.2, -0.15) is 0 Å². The summed E-state index contributed by atoms with van der Waals surface area (Å²) in [4.78, 5) is 0. The minimum absolute atomic E-state index is 0.135. The summed E-state index contributed by atoms with van der Waals surface area (Å²) in [5, 5.41) is 1.48. The summed E-state index contributed by atoms with van der Waals surface area (Å²) >= 11 is 0. The number of rotatable bonds is 0. The summed E-state index contributed by atoms with van der Waals surface area (Å²) in [6, 6.07) is 12.0. The van der Waals surface area contributed by atoms with Crippen LogP contribution in [0.4, 0.5) is 4.39 Å². The maximum atomic E-state index is 13.4. The van der Waals surface area contributed by atoms with E-state index in [1.165, 1.54) is 0 Å². The van der Waals surface area contributed by atoms with Gasteiger partial charge in [-0.15, -0.1) is 0 Å². The lowest BCUT2D eigenvalue weighted by Crippen LogP contribution is -1.83. The predicted octanol–water partition coefficient (Wildman–Crippen LogP) is 3.09. The van der Waals surface area contributed by atoms with Gasteiger partial charge in [0.25, 0.3) is 0 Å². The van der Waals surface area contributed by atoms with Crippen LogP contribution in [0.15, 0.2) is 30.3 Å². The van der Waals surface area contributed by atoms with Gasteiger partial charge in [0.2, 0.25) is 0 Å². The van der Waals surface area contributed by atoms with Crippen LogP contribution in [0.1, 0.15) is 5.56 Å². The molecule has 0 saturated carbocycles. The molecule has 0 aliphatic rings. The van der Waals surface area contributed by atoms with E-state index in [-0.39, 0.29) is 5.82 Å². The standard InChI is InChI=1S/C11H8F/c1-8-6-7-9-4-2-3-5-10(9)11(8)12/h2-6H,1H3. The molecular weight excluding hydrogens is 151 g/mol. The summed E-state index contributed by atoms with van der Waals surface area (Å²) < 4.78 is 13.4. The Balaban J connectivity index is 2.91. The molecule has 0 aliphatic carbocycles. The molecule has 2 aromatic carbocycles. The van der Waals surface area contributed by atoms with Crippen LogP contribution in [-0.4, -0.2) is 0 Å². The molecule has 0 atom stereocenters. The maximum absolute atomic E-state index is 13.4. The average molecular weight is 159 g/mol. The van der Waals surface area contributed by atoms with Gasteiger partial charge in [-0.25, -0.2) is 4.39 Å². The molecule has 12 heavy (non-hydrogen) atoms. The first-order valence-corrected chi connectivity index (χ1v) is 3.84. The molecule has 2 rings (SSSR count). The van der Waals surface area contributed by atoms with Crippen molar-refractivity contribution in [1.29, 1.82) is 0 Å². The molecule has 1 radical (unpaired) electrons. The van der Waals surface area contributed by atoms with E-state index in [0.29, 0.717) is 10.9 Å². The second-order valence-electron chi connectivity index (χ2n) is 2.83. The first-order chi connectivity index (χ1) is 5.79. The molecule has 1 heteroatoms. The van der Waals surface area contributed by atoms with E-state index in [2.05, 4.69) is 6.07 Å². The molecule has 59 valence electrons. The van der Waals surface area contributed by atoms with Gasteiger partial charge in [0.1, 0.15) is 5.82 Å². The highest BCUT2D eigenvalue weighted by Gasteiger charge is 2.01. The van der Waals surface area contributed by atoms with Crippen LogP contribution in [0.25, 0.3) is 10.8 Å². The number of aryl methyl sites for hydroxylation is 1. The molecule has 0 aromatic heterocycles. The third kappa shape index (κ3) is 0.981. The number of halogens is 1. The van der Waals surface area contributed by atoms with E-state index in [1.54, 1.807) is 19.1 Å². The van der Waals surface area contributed by atoms with E-state index in [1.807, 2.05) is 18.2 Å². The summed E-state index contributed by atoms with van der Waals surface area (Å²) in [6.45, 7) is 1.75. The lowest BCUT2D eigenvalue weighted by Gasteiger charge is -2.00. The zero-order valence-corrected chi connectivity index (χ0v) is 6.76. The zero-order valence-electron chi connectivity index (χ0n) is 6.76. The van der Waals surface area contributed by atoms with Crippen LogP contribution in [0.3, 0.4) is 0 Å². The van der Waals surface area contributed by atoms with E-state index < -0.39 is 0 Å². The van der Waals surface area contributed by atoms with Gasteiger partial charge >= 0.3 is 0 Å². The van der Waals surface area contributed by atoms with E-state index >= 15 is 0 Å². The number of hydrogen-bond acceptors (Lipinski definition) is 0. The summed E-state index contributed by atoms with van der Waals surface area (Å²) in [6.07, 6.45) is 0. The van der Waals surface area contributed by atoms with Gasteiger partial charge in [0, 0.05) is 5.39 Å². The highest BCUT2D eigenvalue weighted by molar-refractivity contribution is 5.83. The van der Waals surface area contributed by atoms with Crippen LogP contribution in [-0.2, 0) is 0 Å². The quantitative estimate of drug-likeness (QED) is 0.554. The summed E-state index contributed by atoms with van der Waals surface area (Å²) in [7, 11) is 0. The third-order valence-corrected chi connectivity index (χ3v) is 1.95. The second kappa shape index (κ2) is 2.59. The average Bonchev–Trinajstić information content (AvgIpc) is 2.12. The fourth-order valence-corrected chi connectivity index (χ4v) is 1.26. The second-order valence-corrected chi connectivity index (χ2v) is 2.83. The fraction of sp³-hybridized carbons (Fsp3) is 0.0909. The Morgan fingerprint density at radius 3 is 2.83 bits per heavy atom. The molecular formula is C11H8F. The third-order valence-electron chi connectivity index (χ3n) is 1.95. The van der Waals surface area contributed by atoms with Crippen molar-refractivity contribution in [3.63, 3.8) is 0 Å². The monoisotopic (exact) mass is 159 g/mol. The molecule has 2 aromatic rings. The van der Waals surface area contributed by atoms with Crippen molar-refractivity contribution >= 4 is 10.8 Å². The molecule has 0 bridgehead atoms. The first kappa shape index (κ1) is 7.29. The van der Waals surface area contributed by atoms with Crippen LogP contribution >= 0.6 is 0 Å². The molecule has 0 spiro atoms. The van der Waals surface area contributed by atoms with E-state index in [9.17, 15) is 4.39 Å². The topological polar surface area (TPSA) is 0 Å². The maximum Gasteiger partial charge on any atom is 0.133 e. The Labute approximate surface area is 70.6 Å². The SMILES string of the molecule is Cc1c[c]c2ccccc2c1F. The minimum atomic E-state index is -0.135. The number of fused-ring (bicyclic) bond motifs is 1. The van der Waals surface area contributed by atoms with Crippen molar-refractivity contribution in [3.8, 4) is 0 Å². The predicted molar refractivity (Wildman–Crippen MR) is 47.5 cm³/mol. The largest absolute Gasteiger partial charge is 0.206 e. The molecule has 0 amide bonds. The summed E-state index contributed by atoms with van der Waals surface area (Å²) in [5.74, 6) is -0.135. The van der Waals surface area contributed by atoms with Gasteiger partial charge in [0.15, 0.2) is 0 Å². The molecule has 0 unspecified atom stereocenters. The fourth-order valence-electron chi connectivity index (χ4n) is 1.26. The van der Waals surface area contributed by atoms with E-state index in [0.717, 1.165) is 5.39 Å². The Morgan fingerprint density at radius 2 is 2.00 bits per heavy atom. The lowest BCUT2D eigenvalue weighted by atomic mass is 10.1.